The minimum atomic E-state index is -0.726. The van der Waals surface area contributed by atoms with E-state index in [1.54, 1.807) is 26.8 Å². The third kappa shape index (κ3) is 6.93. The molecule has 1 aliphatic rings. The van der Waals surface area contributed by atoms with Crippen LogP contribution in [0.5, 0.6) is 0 Å². The Bertz CT molecular complexity index is 737. The molecule has 2 atom stereocenters. The van der Waals surface area contributed by atoms with Gasteiger partial charge in [-0.15, -0.1) is 0 Å². The van der Waals surface area contributed by atoms with E-state index in [0.29, 0.717) is 25.7 Å². The Labute approximate surface area is 171 Å². The Hall–Kier alpha value is -2.83. The van der Waals surface area contributed by atoms with E-state index in [1.165, 1.54) is 7.11 Å². The van der Waals surface area contributed by atoms with Gasteiger partial charge in [0.25, 0.3) is 0 Å². The fraction of sp³-hybridized carbons (Fsp3) is 0.500. The van der Waals surface area contributed by atoms with Crippen molar-refractivity contribution in [3.8, 4) is 0 Å². The summed E-state index contributed by atoms with van der Waals surface area (Å²) in [6, 6.07) is 9.08. The number of rotatable bonds is 7. The van der Waals surface area contributed by atoms with Crippen molar-refractivity contribution in [1.82, 2.24) is 4.90 Å². The Morgan fingerprint density at radius 1 is 1.21 bits per heavy atom. The predicted octanol–water partition coefficient (Wildman–Crippen LogP) is 4.25. The first-order valence-electron chi connectivity index (χ1n) is 9.71. The lowest BCUT2D eigenvalue weighted by molar-refractivity contribution is -0.140. The van der Waals surface area contributed by atoms with Crippen LogP contribution in [0, 0.1) is 0 Å². The van der Waals surface area contributed by atoms with Crippen LogP contribution in [-0.4, -0.2) is 47.9 Å². The fourth-order valence-corrected chi connectivity index (χ4v) is 2.98. The fourth-order valence-electron chi connectivity index (χ4n) is 2.98. The summed E-state index contributed by atoms with van der Waals surface area (Å²) in [6.45, 7) is 5.24. The monoisotopic (exact) mass is 403 g/mol. The van der Waals surface area contributed by atoms with E-state index < -0.39 is 29.9 Å². The van der Waals surface area contributed by atoms with Crippen LogP contribution in [-0.2, 0) is 25.4 Å². The standard InChI is InChI=1S/C22H29NO6/c1-22(2,3)29-21(26)23-17(15-16-11-7-5-8-12-16)18(28-20(23)25)13-9-6-10-14-19(24)27-4/h5,7-9,11-13,17-18H,6,10,14-15H2,1-4H3/b13-9+/t17-,18-/m0/s1. The lowest BCUT2D eigenvalue weighted by atomic mass is 10.00. The van der Waals surface area contributed by atoms with Crippen molar-refractivity contribution in [3.63, 3.8) is 0 Å². The van der Waals surface area contributed by atoms with Crippen LogP contribution >= 0.6 is 0 Å². The molecular formula is C22H29NO6. The average Bonchev–Trinajstić information content (AvgIpc) is 2.95. The lowest BCUT2D eigenvalue weighted by Crippen LogP contribution is -2.44. The van der Waals surface area contributed by atoms with Gasteiger partial charge in [-0.1, -0.05) is 36.4 Å². The molecule has 29 heavy (non-hydrogen) atoms. The van der Waals surface area contributed by atoms with E-state index >= 15 is 0 Å². The van der Waals surface area contributed by atoms with E-state index in [1.807, 2.05) is 36.4 Å². The van der Waals surface area contributed by atoms with Crippen LogP contribution in [0.25, 0.3) is 0 Å². The molecule has 0 aromatic heterocycles. The van der Waals surface area contributed by atoms with Crippen LogP contribution < -0.4 is 0 Å². The molecule has 1 aromatic rings. The summed E-state index contributed by atoms with van der Waals surface area (Å²) in [5, 5.41) is 0. The van der Waals surface area contributed by atoms with Gasteiger partial charge in [-0.05, 0) is 51.7 Å². The molecule has 0 N–H and O–H groups in total. The van der Waals surface area contributed by atoms with Gasteiger partial charge in [0.2, 0.25) is 0 Å². The molecule has 7 heteroatoms. The zero-order valence-electron chi connectivity index (χ0n) is 17.4. The van der Waals surface area contributed by atoms with E-state index in [4.69, 9.17) is 9.47 Å². The Kier molecular flexibility index (Phi) is 7.82. The van der Waals surface area contributed by atoms with Crippen molar-refractivity contribution in [2.75, 3.05) is 7.11 Å². The van der Waals surface area contributed by atoms with Gasteiger partial charge in [0.15, 0.2) is 0 Å². The summed E-state index contributed by atoms with van der Waals surface area (Å²) in [5.41, 5.74) is 0.254. The number of ether oxygens (including phenoxy) is 3. The molecule has 0 bridgehead atoms. The number of nitrogens with zero attached hydrogens (tertiary/aromatic N) is 1. The molecule has 1 saturated heterocycles. The summed E-state index contributed by atoms with van der Waals surface area (Å²) < 4.78 is 15.5. The summed E-state index contributed by atoms with van der Waals surface area (Å²) >= 11 is 0. The second-order valence-electron chi connectivity index (χ2n) is 7.85. The van der Waals surface area contributed by atoms with E-state index in [9.17, 15) is 14.4 Å². The molecule has 0 unspecified atom stereocenters. The molecule has 1 fully saturated rings. The molecule has 0 saturated carbocycles. The first-order valence-corrected chi connectivity index (χ1v) is 9.71. The molecule has 0 spiro atoms. The van der Waals surface area contributed by atoms with Crippen molar-refractivity contribution in [2.45, 2.75) is 64.2 Å². The summed E-state index contributed by atoms with van der Waals surface area (Å²) in [4.78, 5) is 37.3. The van der Waals surface area contributed by atoms with E-state index in [0.717, 1.165) is 10.5 Å². The van der Waals surface area contributed by atoms with Crippen LogP contribution in [0.3, 0.4) is 0 Å². The number of hydrogen-bond acceptors (Lipinski definition) is 6. The number of esters is 1. The number of methoxy groups -OCH3 is 1. The number of amides is 2. The third-order valence-corrected chi connectivity index (χ3v) is 4.33. The summed E-state index contributed by atoms with van der Waals surface area (Å²) in [7, 11) is 1.36. The van der Waals surface area contributed by atoms with Crippen LogP contribution in [0.4, 0.5) is 9.59 Å². The highest BCUT2D eigenvalue weighted by molar-refractivity contribution is 5.90. The second-order valence-corrected chi connectivity index (χ2v) is 7.85. The van der Waals surface area contributed by atoms with Crippen molar-refractivity contribution >= 4 is 18.2 Å². The summed E-state index contributed by atoms with van der Waals surface area (Å²) in [6.07, 6.45) is 3.63. The highest BCUT2D eigenvalue weighted by Crippen LogP contribution is 2.26. The van der Waals surface area contributed by atoms with Gasteiger partial charge in [-0.3, -0.25) is 4.79 Å². The number of unbranched alkanes of at least 4 members (excludes halogenated alkanes) is 1. The highest BCUT2D eigenvalue weighted by atomic mass is 16.6. The molecule has 1 aromatic carbocycles. The third-order valence-electron chi connectivity index (χ3n) is 4.33. The maximum Gasteiger partial charge on any atom is 0.420 e. The number of imide groups is 1. The van der Waals surface area contributed by atoms with Gasteiger partial charge in [0.1, 0.15) is 11.7 Å². The maximum atomic E-state index is 12.6. The van der Waals surface area contributed by atoms with Gasteiger partial charge in [0.05, 0.1) is 13.2 Å². The zero-order chi connectivity index (χ0) is 21.4. The van der Waals surface area contributed by atoms with Crippen molar-refractivity contribution < 1.29 is 28.6 Å². The van der Waals surface area contributed by atoms with Gasteiger partial charge >= 0.3 is 18.2 Å². The lowest BCUT2D eigenvalue weighted by Gasteiger charge is -2.26. The Balaban J connectivity index is 2.13. The Morgan fingerprint density at radius 3 is 2.52 bits per heavy atom. The van der Waals surface area contributed by atoms with Crippen LogP contribution in [0.1, 0.15) is 45.6 Å². The van der Waals surface area contributed by atoms with Gasteiger partial charge in [-0.25, -0.2) is 14.5 Å². The van der Waals surface area contributed by atoms with Crippen molar-refractivity contribution in [3.05, 3.63) is 48.0 Å². The van der Waals surface area contributed by atoms with Gasteiger partial charge in [0, 0.05) is 6.42 Å². The smallest absolute Gasteiger partial charge is 0.420 e. The van der Waals surface area contributed by atoms with Gasteiger partial charge < -0.3 is 14.2 Å². The first-order chi connectivity index (χ1) is 13.7. The number of allylic oxidation sites excluding steroid dienone is 1. The molecule has 2 amide bonds. The molecular weight excluding hydrogens is 374 g/mol. The first kappa shape index (κ1) is 22.5. The second kappa shape index (κ2) is 10.1. The molecule has 158 valence electrons. The normalized spacial score (nSPS) is 19.3. The molecule has 1 heterocycles. The van der Waals surface area contributed by atoms with Crippen LogP contribution in [0.2, 0.25) is 0 Å². The highest BCUT2D eigenvalue weighted by Gasteiger charge is 2.46. The quantitative estimate of drug-likeness (QED) is 0.293. The molecule has 0 aliphatic carbocycles. The predicted molar refractivity (Wildman–Crippen MR) is 107 cm³/mol. The molecule has 1 aliphatic heterocycles. The van der Waals surface area contributed by atoms with Crippen molar-refractivity contribution in [1.29, 1.82) is 0 Å². The van der Waals surface area contributed by atoms with Crippen LogP contribution in [0.15, 0.2) is 42.5 Å². The average molecular weight is 403 g/mol. The number of cyclic esters (lactones) is 1. The molecule has 7 nitrogen and oxygen atoms in total. The largest absolute Gasteiger partial charge is 0.469 e. The van der Waals surface area contributed by atoms with E-state index in [-0.39, 0.29) is 5.97 Å². The van der Waals surface area contributed by atoms with E-state index in [2.05, 4.69) is 4.74 Å². The van der Waals surface area contributed by atoms with Gasteiger partial charge in [-0.2, -0.15) is 0 Å². The number of carbonyl (C=O) groups excluding carboxylic acids is 3. The zero-order valence-corrected chi connectivity index (χ0v) is 17.4. The number of carbonyl (C=O) groups is 3. The number of hydrogen-bond donors (Lipinski definition) is 0. The number of benzene rings is 1. The topological polar surface area (TPSA) is 82.1 Å². The molecule has 2 rings (SSSR count). The minimum Gasteiger partial charge on any atom is -0.469 e. The van der Waals surface area contributed by atoms with Crippen molar-refractivity contribution in [2.24, 2.45) is 0 Å². The minimum absolute atomic E-state index is 0.260. The maximum absolute atomic E-state index is 12.6. The SMILES string of the molecule is COC(=O)CCC/C=C/[C@@H]1OC(=O)N(C(=O)OC(C)(C)C)[C@H]1Cc1ccccc1. The molecule has 0 radical (unpaired) electrons. The summed E-state index contributed by atoms with van der Waals surface area (Å²) in [5.74, 6) is -0.260. The Morgan fingerprint density at radius 2 is 1.90 bits per heavy atom.